The van der Waals surface area contributed by atoms with Gasteiger partial charge in [0.25, 0.3) is 0 Å². The highest BCUT2D eigenvalue weighted by molar-refractivity contribution is 5.25. The molecule has 0 amide bonds. The van der Waals surface area contributed by atoms with Gasteiger partial charge in [-0.2, -0.15) is 5.06 Å². The zero-order valence-corrected chi connectivity index (χ0v) is 11.7. The molecule has 0 aliphatic rings. The molecule has 0 atom stereocenters. The molecule has 1 rings (SSSR count). The molecule has 0 saturated heterocycles. The molecule has 0 aromatic carbocycles. The zero-order chi connectivity index (χ0) is 13.5. The average molecular weight is 240 g/mol. The Balaban J connectivity index is 0.00000121. The Bertz CT molecular complexity index is 309. The van der Waals surface area contributed by atoms with Crippen LogP contribution in [-0.2, 0) is 0 Å². The molecular weight excluding hydrogens is 216 g/mol. The summed E-state index contributed by atoms with van der Waals surface area (Å²) in [5.74, 6) is 0.579. The number of hydrogen-bond donors (Lipinski definition) is 2. The molecule has 0 radical (unpaired) electrons. The van der Waals surface area contributed by atoms with Crippen LogP contribution in [0.2, 0.25) is 0 Å². The number of likely N-dealkylation sites (N-methyl/N-ethyl adjacent to an activating group) is 1. The van der Waals surface area contributed by atoms with Crippen LogP contribution in [0.25, 0.3) is 0 Å². The van der Waals surface area contributed by atoms with Crippen molar-refractivity contribution in [1.29, 1.82) is 0 Å². The lowest BCUT2D eigenvalue weighted by atomic mass is 10.1. The summed E-state index contributed by atoms with van der Waals surface area (Å²) < 4.78 is 0. The van der Waals surface area contributed by atoms with Crippen molar-refractivity contribution in [2.24, 2.45) is 0 Å². The molecule has 0 aliphatic carbocycles. The van der Waals surface area contributed by atoms with Gasteiger partial charge in [-0.05, 0) is 26.3 Å². The van der Waals surface area contributed by atoms with E-state index in [9.17, 15) is 5.21 Å². The Morgan fingerprint density at radius 3 is 2.18 bits per heavy atom. The summed E-state index contributed by atoms with van der Waals surface area (Å²) in [6, 6.07) is 0. The van der Waals surface area contributed by atoms with Gasteiger partial charge in [-0.15, -0.1) is 0 Å². The van der Waals surface area contributed by atoms with Crippen LogP contribution in [0.15, 0.2) is 12.4 Å². The van der Waals surface area contributed by atoms with E-state index in [-0.39, 0.29) is 5.54 Å². The second-order valence-corrected chi connectivity index (χ2v) is 4.27. The van der Waals surface area contributed by atoms with Gasteiger partial charge in [0.2, 0.25) is 5.95 Å². The zero-order valence-electron chi connectivity index (χ0n) is 11.7. The van der Waals surface area contributed by atoms with Crippen LogP contribution < -0.4 is 5.32 Å². The Kier molecular flexibility index (Phi) is 6.68. The standard InChI is InChI=1S/C10H18N4O.C2H6/c1-8-5-11-9(12-6-8)13-7-10(2,3)14(4)15;1-2/h5-6,15H,7H2,1-4H3,(H,11,12,13);1-2H3. The fourth-order valence-electron chi connectivity index (χ4n) is 0.894. The van der Waals surface area contributed by atoms with Crippen LogP contribution in [-0.4, -0.2) is 39.4 Å². The van der Waals surface area contributed by atoms with Crippen molar-refractivity contribution in [3.05, 3.63) is 18.0 Å². The SMILES string of the molecule is CC.Cc1cnc(NCC(C)(C)N(C)O)nc1. The molecule has 17 heavy (non-hydrogen) atoms. The van der Waals surface area contributed by atoms with E-state index >= 15 is 0 Å². The Morgan fingerprint density at radius 1 is 1.29 bits per heavy atom. The predicted octanol–water partition coefficient (Wildman–Crippen LogP) is 2.32. The average Bonchev–Trinajstić information content (AvgIpc) is 2.31. The molecule has 1 heterocycles. The minimum absolute atomic E-state index is 0.353. The highest BCUT2D eigenvalue weighted by Gasteiger charge is 2.22. The number of hydroxylamine groups is 2. The third-order valence-corrected chi connectivity index (χ3v) is 2.34. The largest absolute Gasteiger partial charge is 0.352 e. The van der Waals surface area contributed by atoms with E-state index in [1.54, 1.807) is 19.4 Å². The summed E-state index contributed by atoms with van der Waals surface area (Å²) in [7, 11) is 1.62. The highest BCUT2D eigenvalue weighted by Crippen LogP contribution is 2.10. The second kappa shape index (κ2) is 7.19. The third kappa shape index (κ3) is 5.60. The maximum absolute atomic E-state index is 9.35. The molecule has 0 fully saturated rings. The van der Waals surface area contributed by atoms with E-state index in [1.807, 2.05) is 34.6 Å². The summed E-state index contributed by atoms with van der Waals surface area (Å²) in [5, 5.41) is 13.6. The second-order valence-electron chi connectivity index (χ2n) is 4.27. The van der Waals surface area contributed by atoms with Gasteiger partial charge >= 0.3 is 0 Å². The molecule has 0 bridgehead atoms. The lowest BCUT2D eigenvalue weighted by Gasteiger charge is -2.30. The smallest absolute Gasteiger partial charge is 0.222 e. The summed E-state index contributed by atoms with van der Waals surface area (Å²) in [6.07, 6.45) is 3.51. The molecule has 1 aromatic heterocycles. The van der Waals surface area contributed by atoms with Crippen LogP contribution in [0.3, 0.4) is 0 Å². The lowest BCUT2D eigenvalue weighted by Crippen LogP contribution is -2.44. The third-order valence-electron chi connectivity index (χ3n) is 2.34. The Labute approximate surface area is 104 Å². The maximum atomic E-state index is 9.35. The number of nitrogens with one attached hydrogen (secondary N) is 1. The van der Waals surface area contributed by atoms with Crippen molar-refractivity contribution in [3.8, 4) is 0 Å². The quantitative estimate of drug-likeness (QED) is 0.791. The molecule has 0 spiro atoms. The van der Waals surface area contributed by atoms with E-state index in [2.05, 4.69) is 15.3 Å². The fraction of sp³-hybridized carbons (Fsp3) is 0.667. The minimum Gasteiger partial charge on any atom is -0.352 e. The highest BCUT2D eigenvalue weighted by atomic mass is 16.5. The molecule has 5 nitrogen and oxygen atoms in total. The molecule has 98 valence electrons. The first-order valence-electron chi connectivity index (χ1n) is 5.87. The first-order chi connectivity index (χ1) is 7.92. The van der Waals surface area contributed by atoms with Gasteiger partial charge in [-0.3, -0.25) is 0 Å². The van der Waals surface area contributed by atoms with E-state index in [0.29, 0.717) is 12.5 Å². The molecule has 0 aliphatic heterocycles. The predicted molar refractivity (Wildman–Crippen MR) is 70.2 cm³/mol. The van der Waals surface area contributed by atoms with Gasteiger partial charge in [-0.25, -0.2) is 9.97 Å². The van der Waals surface area contributed by atoms with Crippen LogP contribution in [0.4, 0.5) is 5.95 Å². The summed E-state index contributed by atoms with van der Waals surface area (Å²) in [4.78, 5) is 8.24. The Morgan fingerprint density at radius 2 is 1.76 bits per heavy atom. The summed E-state index contributed by atoms with van der Waals surface area (Å²) in [6.45, 7) is 10.4. The van der Waals surface area contributed by atoms with Crippen molar-refractivity contribution in [2.75, 3.05) is 18.9 Å². The van der Waals surface area contributed by atoms with E-state index < -0.39 is 0 Å². The molecule has 2 N–H and O–H groups in total. The van der Waals surface area contributed by atoms with Gasteiger partial charge in [0, 0.05) is 26.0 Å². The molecule has 0 saturated carbocycles. The van der Waals surface area contributed by atoms with Gasteiger partial charge in [0.05, 0.1) is 5.54 Å². The molecular formula is C12H24N4O. The number of rotatable bonds is 4. The number of hydrogen-bond acceptors (Lipinski definition) is 5. The number of anilines is 1. The fourth-order valence-corrected chi connectivity index (χ4v) is 0.894. The van der Waals surface area contributed by atoms with Crippen LogP contribution in [0.1, 0.15) is 33.3 Å². The van der Waals surface area contributed by atoms with Crippen molar-refractivity contribution >= 4 is 5.95 Å². The van der Waals surface area contributed by atoms with Crippen molar-refractivity contribution in [1.82, 2.24) is 15.0 Å². The first kappa shape index (κ1) is 15.8. The van der Waals surface area contributed by atoms with Gasteiger partial charge in [-0.1, -0.05) is 13.8 Å². The van der Waals surface area contributed by atoms with E-state index in [4.69, 9.17) is 0 Å². The van der Waals surface area contributed by atoms with Crippen molar-refractivity contribution < 1.29 is 5.21 Å². The molecule has 0 unspecified atom stereocenters. The lowest BCUT2D eigenvalue weighted by molar-refractivity contribution is -0.134. The van der Waals surface area contributed by atoms with E-state index in [1.165, 1.54) is 5.06 Å². The van der Waals surface area contributed by atoms with Crippen LogP contribution in [0, 0.1) is 6.92 Å². The van der Waals surface area contributed by atoms with E-state index in [0.717, 1.165) is 5.56 Å². The van der Waals surface area contributed by atoms with Gasteiger partial charge < -0.3 is 10.5 Å². The molecule has 1 aromatic rings. The van der Waals surface area contributed by atoms with Crippen molar-refractivity contribution in [2.45, 2.75) is 40.2 Å². The van der Waals surface area contributed by atoms with Gasteiger partial charge in [0.1, 0.15) is 0 Å². The minimum atomic E-state index is -0.353. The van der Waals surface area contributed by atoms with Crippen molar-refractivity contribution in [3.63, 3.8) is 0 Å². The number of aryl methyl sites for hydroxylation is 1. The summed E-state index contributed by atoms with van der Waals surface area (Å²) in [5.41, 5.74) is 0.674. The monoisotopic (exact) mass is 240 g/mol. The Hall–Kier alpha value is -1.20. The molecule has 5 heteroatoms. The number of nitrogens with zero attached hydrogens (tertiary/aromatic N) is 3. The number of aromatic nitrogens is 2. The van der Waals surface area contributed by atoms with Crippen LogP contribution in [0.5, 0.6) is 0 Å². The topological polar surface area (TPSA) is 61.3 Å². The normalized spacial score (nSPS) is 10.8. The summed E-state index contributed by atoms with van der Waals surface area (Å²) >= 11 is 0. The first-order valence-corrected chi connectivity index (χ1v) is 5.87. The van der Waals surface area contributed by atoms with Gasteiger partial charge in [0.15, 0.2) is 0 Å². The maximum Gasteiger partial charge on any atom is 0.222 e. The van der Waals surface area contributed by atoms with Crippen LogP contribution >= 0.6 is 0 Å².